The molecule has 0 saturated heterocycles. The van der Waals surface area contributed by atoms with Gasteiger partial charge in [-0.25, -0.2) is 4.98 Å². The van der Waals surface area contributed by atoms with Crippen molar-refractivity contribution in [1.29, 1.82) is 0 Å². The topological polar surface area (TPSA) is 61.8 Å². The van der Waals surface area contributed by atoms with Gasteiger partial charge in [-0.1, -0.05) is 11.6 Å². The van der Waals surface area contributed by atoms with Gasteiger partial charge in [-0.05, 0) is 30.3 Å². The summed E-state index contributed by atoms with van der Waals surface area (Å²) in [5.74, 6) is 1.82. The van der Waals surface area contributed by atoms with Gasteiger partial charge in [0.2, 0.25) is 0 Å². The number of hydrogen-bond acceptors (Lipinski definition) is 4. The van der Waals surface area contributed by atoms with Gasteiger partial charge in [-0.2, -0.15) is 0 Å². The number of halogens is 1. The Morgan fingerprint density at radius 3 is 2.57 bits per heavy atom. The predicted octanol–water partition coefficient (Wildman–Crippen LogP) is 3.25. The lowest BCUT2D eigenvalue weighted by molar-refractivity contribution is 0.355. The van der Waals surface area contributed by atoms with Crippen molar-refractivity contribution in [2.75, 3.05) is 20.0 Å². The van der Waals surface area contributed by atoms with Gasteiger partial charge in [-0.15, -0.1) is 0 Å². The zero-order valence-electron chi connectivity index (χ0n) is 11.6. The van der Waals surface area contributed by atoms with Crippen molar-refractivity contribution < 1.29 is 9.47 Å². The molecule has 0 fully saturated rings. The van der Waals surface area contributed by atoms with Gasteiger partial charge in [0.1, 0.15) is 17.2 Å². The lowest BCUT2D eigenvalue weighted by Gasteiger charge is -2.08. The summed E-state index contributed by atoms with van der Waals surface area (Å²) < 4.78 is 12.3. The Kier molecular flexibility index (Phi) is 3.35. The zero-order chi connectivity index (χ0) is 15.0. The van der Waals surface area contributed by atoms with Crippen LogP contribution in [0.25, 0.3) is 16.9 Å². The number of anilines is 1. The SMILES string of the molecule is COc1ccc(-c2nc3ccc(Cl)cn3c2N)cc1OC. The molecule has 0 atom stereocenters. The summed E-state index contributed by atoms with van der Waals surface area (Å²) in [6, 6.07) is 9.16. The summed E-state index contributed by atoms with van der Waals surface area (Å²) in [6.45, 7) is 0. The molecular formula is C15H14ClN3O2. The van der Waals surface area contributed by atoms with Crippen molar-refractivity contribution in [3.05, 3.63) is 41.6 Å². The van der Waals surface area contributed by atoms with Gasteiger partial charge in [0.25, 0.3) is 0 Å². The maximum atomic E-state index is 6.17. The molecule has 0 bridgehead atoms. The van der Waals surface area contributed by atoms with Gasteiger partial charge in [-0.3, -0.25) is 4.40 Å². The number of aromatic nitrogens is 2. The summed E-state index contributed by atoms with van der Waals surface area (Å²) in [5.41, 5.74) is 8.44. The number of nitrogens with zero attached hydrogens (tertiary/aromatic N) is 2. The number of ether oxygens (including phenoxy) is 2. The van der Waals surface area contributed by atoms with Crippen LogP contribution in [0.5, 0.6) is 11.5 Å². The van der Waals surface area contributed by atoms with E-state index >= 15 is 0 Å². The molecule has 0 unspecified atom stereocenters. The fourth-order valence-electron chi connectivity index (χ4n) is 2.23. The first-order valence-corrected chi connectivity index (χ1v) is 6.67. The van der Waals surface area contributed by atoms with Crippen molar-refractivity contribution in [3.8, 4) is 22.8 Å². The van der Waals surface area contributed by atoms with E-state index in [1.807, 2.05) is 24.3 Å². The summed E-state index contributed by atoms with van der Waals surface area (Å²) in [4.78, 5) is 4.54. The number of hydrogen-bond donors (Lipinski definition) is 1. The molecule has 1 aromatic carbocycles. The van der Waals surface area contributed by atoms with E-state index in [1.54, 1.807) is 30.9 Å². The van der Waals surface area contributed by atoms with Crippen molar-refractivity contribution in [2.24, 2.45) is 0 Å². The number of methoxy groups -OCH3 is 2. The van der Waals surface area contributed by atoms with Crippen LogP contribution >= 0.6 is 11.6 Å². The quantitative estimate of drug-likeness (QED) is 0.807. The first-order valence-electron chi connectivity index (χ1n) is 6.29. The Morgan fingerprint density at radius 2 is 1.86 bits per heavy atom. The number of benzene rings is 1. The molecule has 0 aliphatic carbocycles. The molecule has 2 heterocycles. The van der Waals surface area contributed by atoms with Crippen LogP contribution in [-0.4, -0.2) is 23.6 Å². The minimum Gasteiger partial charge on any atom is -0.493 e. The molecule has 0 amide bonds. The molecule has 0 spiro atoms. The largest absolute Gasteiger partial charge is 0.493 e. The second kappa shape index (κ2) is 5.18. The van der Waals surface area contributed by atoms with Crippen molar-refractivity contribution in [1.82, 2.24) is 9.38 Å². The minimum atomic E-state index is 0.528. The third-order valence-corrected chi connectivity index (χ3v) is 3.50. The Hall–Kier alpha value is -2.40. The highest BCUT2D eigenvalue weighted by molar-refractivity contribution is 6.30. The molecule has 21 heavy (non-hydrogen) atoms. The van der Waals surface area contributed by atoms with Gasteiger partial charge < -0.3 is 15.2 Å². The predicted molar refractivity (Wildman–Crippen MR) is 83.2 cm³/mol. The minimum absolute atomic E-state index is 0.528. The van der Waals surface area contributed by atoms with Crippen molar-refractivity contribution >= 4 is 23.1 Å². The second-order valence-electron chi connectivity index (χ2n) is 4.49. The summed E-state index contributed by atoms with van der Waals surface area (Å²) in [7, 11) is 3.19. The second-order valence-corrected chi connectivity index (χ2v) is 4.93. The first kappa shape index (κ1) is 13.6. The van der Waals surface area contributed by atoms with Crippen LogP contribution in [0.2, 0.25) is 5.02 Å². The highest BCUT2D eigenvalue weighted by Gasteiger charge is 2.14. The summed E-state index contributed by atoms with van der Waals surface area (Å²) in [5, 5.41) is 0.602. The van der Waals surface area contributed by atoms with Crippen LogP contribution < -0.4 is 15.2 Å². The number of nitrogen functional groups attached to an aromatic ring is 1. The van der Waals surface area contributed by atoms with E-state index < -0.39 is 0 Å². The van der Waals surface area contributed by atoms with E-state index in [-0.39, 0.29) is 0 Å². The maximum absolute atomic E-state index is 6.17. The molecule has 2 N–H and O–H groups in total. The highest BCUT2D eigenvalue weighted by atomic mass is 35.5. The van der Waals surface area contributed by atoms with E-state index in [0.29, 0.717) is 28.0 Å². The third-order valence-electron chi connectivity index (χ3n) is 3.28. The van der Waals surface area contributed by atoms with Crippen LogP contribution in [0.4, 0.5) is 5.82 Å². The van der Waals surface area contributed by atoms with Gasteiger partial charge in [0.05, 0.1) is 19.2 Å². The molecule has 108 valence electrons. The van der Waals surface area contributed by atoms with E-state index in [4.69, 9.17) is 26.8 Å². The van der Waals surface area contributed by atoms with Gasteiger partial charge in [0.15, 0.2) is 11.5 Å². The number of rotatable bonds is 3. The van der Waals surface area contributed by atoms with E-state index in [9.17, 15) is 0 Å². The molecule has 5 nitrogen and oxygen atoms in total. The molecular weight excluding hydrogens is 290 g/mol. The molecule has 6 heteroatoms. The maximum Gasteiger partial charge on any atom is 0.161 e. The van der Waals surface area contributed by atoms with Crippen LogP contribution in [0.3, 0.4) is 0 Å². The number of pyridine rings is 1. The Labute approximate surface area is 126 Å². The monoisotopic (exact) mass is 303 g/mol. The number of imidazole rings is 1. The van der Waals surface area contributed by atoms with Gasteiger partial charge in [0, 0.05) is 11.8 Å². The van der Waals surface area contributed by atoms with Crippen LogP contribution in [0.1, 0.15) is 0 Å². The van der Waals surface area contributed by atoms with Crippen LogP contribution in [0, 0.1) is 0 Å². The Morgan fingerprint density at radius 1 is 1.10 bits per heavy atom. The summed E-state index contributed by atoms with van der Waals surface area (Å²) in [6.07, 6.45) is 1.74. The smallest absolute Gasteiger partial charge is 0.161 e. The lowest BCUT2D eigenvalue weighted by atomic mass is 10.1. The average molecular weight is 304 g/mol. The molecule has 3 rings (SSSR count). The number of nitrogens with two attached hydrogens (primary N) is 1. The Bertz CT molecular complexity index is 814. The first-order chi connectivity index (χ1) is 10.1. The van der Waals surface area contributed by atoms with Gasteiger partial charge >= 0.3 is 0 Å². The fraction of sp³-hybridized carbons (Fsp3) is 0.133. The molecule has 3 aromatic rings. The third kappa shape index (κ3) is 2.25. The van der Waals surface area contributed by atoms with E-state index in [0.717, 1.165) is 11.2 Å². The summed E-state index contributed by atoms with van der Waals surface area (Å²) >= 11 is 5.99. The zero-order valence-corrected chi connectivity index (χ0v) is 12.4. The van der Waals surface area contributed by atoms with Crippen LogP contribution in [0.15, 0.2) is 36.5 Å². The van der Waals surface area contributed by atoms with Crippen molar-refractivity contribution in [2.45, 2.75) is 0 Å². The number of fused-ring (bicyclic) bond motifs is 1. The fourth-order valence-corrected chi connectivity index (χ4v) is 2.39. The van der Waals surface area contributed by atoms with Crippen LogP contribution in [-0.2, 0) is 0 Å². The molecule has 0 saturated carbocycles. The molecule has 0 aliphatic rings. The average Bonchev–Trinajstić information content (AvgIpc) is 2.83. The van der Waals surface area contributed by atoms with Crippen molar-refractivity contribution in [3.63, 3.8) is 0 Å². The normalized spacial score (nSPS) is 10.8. The Balaban J connectivity index is 2.18. The molecule has 2 aromatic heterocycles. The lowest BCUT2D eigenvalue weighted by Crippen LogP contribution is -1.95. The highest BCUT2D eigenvalue weighted by Crippen LogP contribution is 2.34. The molecule has 0 aliphatic heterocycles. The van der Waals surface area contributed by atoms with E-state index in [1.165, 1.54) is 0 Å². The molecule has 0 radical (unpaired) electrons. The van der Waals surface area contributed by atoms with E-state index in [2.05, 4.69) is 4.98 Å². The standard InChI is InChI=1S/C15H14ClN3O2/c1-20-11-5-3-9(7-12(11)21-2)14-15(17)19-8-10(16)4-6-13(19)18-14/h3-8H,17H2,1-2H3.